The maximum absolute atomic E-state index is 11.9. The summed E-state index contributed by atoms with van der Waals surface area (Å²) in [5.74, 6) is -0.0822. The summed E-state index contributed by atoms with van der Waals surface area (Å²) in [5, 5.41) is 3.33. The first-order valence-electron chi connectivity index (χ1n) is 5.44. The van der Waals surface area contributed by atoms with E-state index >= 15 is 0 Å². The Morgan fingerprint density at radius 1 is 1.17 bits per heavy atom. The van der Waals surface area contributed by atoms with Crippen LogP contribution in [0.3, 0.4) is 0 Å². The normalized spacial score (nSPS) is 10.1. The molecule has 0 unspecified atom stereocenters. The second kappa shape index (κ2) is 6.03. The highest BCUT2D eigenvalue weighted by atomic mass is 79.9. The quantitative estimate of drug-likeness (QED) is 0.897. The SMILES string of the molecule is O=C(Cc1cccc(Br)c1)Nc1ccccc1Cl. The first-order chi connectivity index (χ1) is 8.65. The summed E-state index contributed by atoms with van der Waals surface area (Å²) in [6.45, 7) is 0. The average molecular weight is 325 g/mol. The molecule has 2 aromatic rings. The van der Waals surface area contributed by atoms with E-state index < -0.39 is 0 Å². The molecule has 0 aliphatic rings. The summed E-state index contributed by atoms with van der Waals surface area (Å²) in [4.78, 5) is 11.9. The minimum atomic E-state index is -0.0822. The van der Waals surface area contributed by atoms with Gasteiger partial charge in [0.1, 0.15) is 0 Å². The van der Waals surface area contributed by atoms with E-state index in [0.29, 0.717) is 17.1 Å². The zero-order valence-corrected chi connectivity index (χ0v) is 11.8. The van der Waals surface area contributed by atoms with Crippen LogP contribution in [0.4, 0.5) is 5.69 Å². The van der Waals surface area contributed by atoms with Gasteiger partial charge >= 0.3 is 0 Å². The van der Waals surface area contributed by atoms with Gasteiger partial charge < -0.3 is 5.32 Å². The van der Waals surface area contributed by atoms with Crippen LogP contribution in [0, 0.1) is 0 Å². The van der Waals surface area contributed by atoms with Gasteiger partial charge in [-0.1, -0.05) is 51.8 Å². The van der Waals surface area contributed by atoms with Gasteiger partial charge in [-0.3, -0.25) is 4.79 Å². The molecule has 0 radical (unpaired) electrons. The molecule has 0 fully saturated rings. The number of benzene rings is 2. The number of amides is 1. The zero-order valence-electron chi connectivity index (χ0n) is 9.49. The van der Waals surface area contributed by atoms with Crippen LogP contribution in [0.25, 0.3) is 0 Å². The number of anilines is 1. The molecular weight excluding hydrogens is 314 g/mol. The van der Waals surface area contributed by atoms with E-state index in [-0.39, 0.29) is 5.91 Å². The van der Waals surface area contributed by atoms with Gasteiger partial charge in [-0.15, -0.1) is 0 Å². The molecule has 1 N–H and O–H groups in total. The first-order valence-corrected chi connectivity index (χ1v) is 6.61. The van der Waals surface area contributed by atoms with Crippen LogP contribution in [0.5, 0.6) is 0 Å². The van der Waals surface area contributed by atoms with Crippen LogP contribution in [0.1, 0.15) is 5.56 Å². The number of halogens is 2. The smallest absolute Gasteiger partial charge is 0.228 e. The fraction of sp³-hybridized carbons (Fsp3) is 0.0714. The Labute approximate surface area is 119 Å². The molecular formula is C14H11BrClNO. The van der Waals surface area contributed by atoms with Gasteiger partial charge in [0, 0.05) is 4.47 Å². The van der Waals surface area contributed by atoms with Crippen LogP contribution < -0.4 is 5.32 Å². The molecule has 0 spiro atoms. The highest BCUT2D eigenvalue weighted by Gasteiger charge is 2.06. The van der Waals surface area contributed by atoms with Crippen LogP contribution in [0.2, 0.25) is 5.02 Å². The summed E-state index contributed by atoms with van der Waals surface area (Å²) in [5.41, 5.74) is 1.59. The zero-order chi connectivity index (χ0) is 13.0. The molecule has 4 heteroatoms. The monoisotopic (exact) mass is 323 g/mol. The van der Waals surface area contributed by atoms with Gasteiger partial charge in [0.25, 0.3) is 0 Å². The predicted octanol–water partition coefficient (Wildman–Crippen LogP) is 4.28. The Bertz CT molecular complexity index is 571. The summed E-state index contributed by atoms with van der Waals surface area (Å²) in [6.07, 6.45) is 0.324. The van der Waals surface area contributed by atoms with Crippen molar-refractivity contribution in [1.29, 1.82) is 0 Å². The maximum Gasteiger partial charge on any atom is 0.228 e. The second-order valence-corrected chi connectivity index (χ2v) is 5.16. The molecule has 0 saturated heterocycles. The van der Waals surface area contributed by atoms with E-state index in [1.807, 2.05) is 36.4 Å². The van der Waals surface area contributed by atoms with Crippen LogP contribution in [-0.2, 0) is 11.2 Å². The van der Waals surface area contributed by atoms with Crippen molar-refractivity contribution < 1.29 is 4.79 Å². The summed E-state index contributed by atoms with van der Waals surface area (Å²) < 4.78 is 0.963. The van der Waals surface area contributed by atoms with Crippen LogP contribution >= 0.6 is 27.5 Å². The third-order valence-electron chi connectivity index (χ3n) is 2.40. The highest BCUT2D eigenvalue weighted by molar-refractivity contribution is 9.10. The van der Waals surface area contributed by atoms with E-state index in [2.05, 4.69) is 21.2 Å². The van der Waals surface area contributed by atoms with Crippen molar-refractivity contribution in [3.05, 3.63) is 63.6 Å². The fourth-order valence-electron chi connectivity index (χ4n) is 1.59. The lowest BCUT2D eigenvalue weighted by Gasteiger charge is -2.07. The molecule has 0 atom stereocenters. The standard InChI is InChI=1S/C14H11BrClNO/c15-11-5-3-4-10(8-11)9-14(18)17-13-7-2-1-6-12(13)16/h1-8H,9H2,(H,17,18). The molecule has 2 rings (SSSR count). The van der Waals surface area contributed by atoms with Crippen molar-refractivity contribution >= 4 is 39.1 Å². The van der Waals surface area contributed by atoms with Crippen molar-refractivity contribution in [1.82, 2.24) is 0 Å². The molecule has 0 bridgehead atoms. The summed E-state index contributed by atoms with van der Waals surface area (Å²) in [6, 6.07) is 14.9. The van der Waals surface area contributed by atoms with E-state index in [1.165, 1.54) is 0 Å². The maximum atomic E-state index is 11.9. The van der Waals surface area contributed by atoms with Gasteiger partial charge in [-0.05, 0) is 29.8 Å². The first kappa shape index (κ1) is 13.1. The van der Waals surface area contributed by atoms with Gasteiger partial charge in [0.05, 0.1) is 17.1 Å². The Morgan fingerprint density at radius 3 is 2.67 bits per heavy atom. The number of nitrogens with one attached hydrogen (secondary N) is 1. The second-order valence-electron chi connectivity index (χ2n) is 3.83. The molecule has 2 nitrogen and oxygen atoms in total. The molecule has 0 saturated carbocycles. The van der Waals surface area contributed by atoms with Gasteiger partial charge in [-0.2, -0.15) is 0 Å². The molecule has 2 aromatic carbocycles. The number of hydrogen-bond acceptors (Lipinski definition) is 1. The molecule has 0 aromatic heterocycles. The van der Waals surface area contributed by atoms with Crippen molar-refractivity contribution in [2.45, 2.75) is 6.42 Å². The Balaban J connectivity index is 2.03. The Kier molecular flexibility index (Phi) is 4.39. The number of carbonyl (C=O) groups excluding carboxylic acids is 1. The molecule has 1 amide bonds. The van der Waals surface area contributed by atoms with Crippen molar-refractivity contribution in [3.8, 4) is 0 Å². The largest absolute Gasteiger partial charge is 0.324 e. The highest BCUT2D eigenvalue weighted by Crippen LogP contribution is 2.20. The van der Waals surface area contributed by atoms with E-state index in [4.69, 9.17) is 11.6 Å². The number of para-hydroxylation sites is 1. The van der Waals surface area contributed by atoms with E-state index in [0.717, 1.165) is 10.0 Å². The third-order valence-corrected chi connectivity index (χ3v) is 3.22. The van der Waals surface area contributed by atoms with Crippen LogP contribution in [-0.4, -0.2) is 5.91 Å². The average Bonchev–Trinajstić information content (AvgIpc) is 2.32. The molecule has 0 heterocycles. The van der Waals surface area contributed by atoms with Gasteiger partial charge in [-0.25, -0.2) is 0 Å². The van der Waals surface area contributed by atoms with E-state index in [1.54, 1.807) is 12.1 Å². The fourth-order valence-corrected chi connectivity index (χ4v) is 2.22. The van der Waals surface area contributed by atoms with E-state index in [9.17, 15) is 4.79 Å². The molecule has 0 aliphatic carbocycles. The number of rotatable bonds is 3. The summed E-state index contributed by atoms with van der Waals surface area (Å²) >= 11 is 9.35. The summed E-state index contributed by atoms with van der Waals surface area (Å²) in [7, 11) is 0. The minimum Gasteiger partial charge on any atom is -0.324 e. The lowest BCUT2D eigenvalue weighted by atomic mass is 10.1. The number of hydrogen-bond donors (Lipinski definition) is 1. The predicted molar refractivity (Wildman–Crippen MR) is 77.9 cm³/mol. The third kappa shape index (κ3) is 3.59. The Hall–Kier alpha value is -1.32. The minimum absolute atomic E-state index is 0.0822. The molecule has 92 valence electrons. The van der Waals surface area contributed by atoms with Gasteiger partial charge in [0.15, 0.2) is 0 Å². The van der Waals surface area contributed by atoms with Crippen LogP contribution in [0.15, 0.2) is 53.0 Å². The Morgan fingerprint density at radius 2 is 1.94 bits per heavy atom. The molecule has 18 heavy (non-hydrogen) atoms. The number of carbonyl (C=O) groups is 1. The van der Waals surface area contributed by atoms with Gasteiger partial charge in [0.2, 0.25) is 5.91 Å². The molecule has 0 aliphatic heterocycles. The lowest BCUT2D eigenvalue weighted by molar-refractivity contribution is -0.115. The van der Waals surface area contributed by atoms with Crippen molar-refractivity contribution in [2.75, 3.05) is 5.32 Å². The van der Waals surface area contributed by atoms with Crippen molar-refractivity contribution in [2.24, 2.45) is 0 Å². The van der Waals surface area contributed by atoms with Crippen molar-refractivity contribution in [3.63, 3.8) is 0 Å². The topological polar surface area (TPSA) is 29.1 Å². The lowest BCUT2D eigenvalue weighted by Crippen LogP contribution is -2.14.